The van der Waals surface area contributed by atoms with Crippen molar-refractivity contribution in [3.63, 3.8) is 0 Å². The van der Waals surface area contributed by atoms with Gasteiger partial charge in [-0.1, -0.05) is 6.07 Å². The van der Waals surface area contributed by atoms with Gasteiger partial charge < -0.3 is 14.6 Å². The van der Waals surface area contributed by atoms with Crippen LogP contribution in [0.4, 0.5) is 0 Å². The van der Waals surface area contributed by atoms with Gasteiger partial charge in [-0.25, -0.2) is 4.98 Å². The summed E-state index contributed by atoms with van der Waals surface area (Å²) in [5, 5.41) is 4.78. The summed E-state index contributed by atoms with van der Waals surface area (Å²) < 4.78 is 5.83. The molecule has 0 amide bonds. The highest BCUT2D eigenvalue weighted by Gasteiger charge is 2.31. The Morgan fingerprint density at radius 3 is 2.76 bits per heavy atom. The van der Waals surface area contributed by atoms with E-state index in [1.165, 1.54) is 4.90 Å². The van der Waals surface area contributed by atoms with Gasteiger partial charge in [0.05, 0.1) is 5.39 Å². The van der Waals surface area contributed by atoms with E-state index < -0.39 is 0 Å². The van der Waals surface area contributed by atoms with Crippen molar-refractivity contribution in [1.29, 1.82) is 0 Å². The number of hydrogen-bond donors (Lipinski definition) is 2. The minimum Gasteiger partial charge on any atom is -0.364 e. The van der Waals surface area contributed by atoms with Crippen molar-refractivity contribution < 1.29 is 9.64 Å². The summed E-state index contributed by atoms with van der Waals surface area (Å²) in [6, 6.07) is 4.19. The minimum absolute atomic E-state index is 0.0368. The maximum absolute atomic E-state index is 12.8. The second-order valence-electron chi connectivity index (χ2n) is 6.80. The van der Waals surface area contributed by atoms with E-state index in [0.717, 1.165) is 34.2 Å². The summed E-state index contributed by atoms with van der Waals surface area (Å²) in [4.78, 5) is 24.0. The normalized spacial score (nSPS) is 25.3. The smallest absolute Gasteiger partial charge is 0.260 e. The molecule has 132 valence electrons. The first-order chi connectivity index (χ1) is 12.0. The highest BCUT2D eigenvalue weighted by atomic mass is 32.1. The minimum atomic E-state index is -0.0368. The maximum Gasteiger partial charge on any atom is 0.260 e. The molecule has 0 saturated carbocycles. The van der Waals surface area contributed by atoms with E-state index in [1.54, 1.807) is 22.7 Å². The molecule has 0 aliphatic carbocycles. The van der Waals surface area contributed by atoms with Gasteiger partial charge in [-0.3, -0.25) is 4.79 Å². The molecular weight excluding hydrogens is 354 g/mol. The molecular formula is C18H22N3O2S2+. The highest BCUT2D eigenvalue weighted by molar-refractivity contribution is 7.18. The van der Waals surface area contributed by atoms with Gasteiger partial charge in [0.2, 0.25) is 0 Å². The molecule has 2 N–H and O–H groups in total. The molecule has 4 heterocycles. The van der Waals surface area contributed by atoms with Crippen LogP contribution in [0.25, 0.3) is 20.7 Å². The molecule has 1 unspecified atom stereocenters. The number of thiophene rings is 2. The number of H-pyrrole nitrogens is 1. The maximum atomic E-state index is 12.8. The van der Waals surface area contributed by atoms with Crippen LogP contribution in [0.2, 0.25) is 0 Å². The zero-order valence-corrected chi connectivity index (χ0v) is 16.2. The van der Waals surface area contributed by atoms with Crippen molar-refractivity contribution in [2.75, 3.05) is 13.1 Å². The van der Waals surface area contributed by atoms with Crippen LogP contribution in [0.3, 0.4) is 0 Å². The predicted molar refractivity (Wildman–Crippen MR) is 103 cm³/mol. The van der Waals surface area contributed by atoms with Crippen molar-refractivity contribution in [1.82, 2.24) is 9.97 Å². The molecule has 0 spiro atoms. The molecule has 4 rings (SSSR count). The Bertz CT molecular complexity index is 922. The van der Waals surface area contributed by atoms with Gasteiger partial charge in [-0.15, -0.1) is 22.7 Å². The van der Waals surface area contributed by atoms with Crippen LogP contribution in [0.15, 0.2) is 27.7 Å². The number of aromatic amines is 1. The third kappa shape index (κ3) is 3.17. The fourth-order valence-electron chi connectivity index (χ4n) is 3.65. The van der Waals surface area contributed by atoms with E-state index in [1.807, 2.05) is 22.9 Å². The Hall–Kier alpha value is -1.54. The summed E-state index contributed by atoms with van der Waals surface area (Å²) in [7, 11) is 0. The van der Waals surface area contributed by atoms with Crippen LogP contribution < -0.4 is 10.5 Å². The van der Waals surface area contributed by atoms with Crippen molar-refractivity contribution >= 4 is 32.9 Å². The van der Waals surface area contributed by atoms with Crippen LogP contribution in [-0.4, -0.2) is 35.3 Å². The second-order valence-corrected chi connectivity index (χ2v) is 8.61. The first-order valence-corrected chi connectivity index (χ1v) is 10.3. The zero-order valence-electron chi connectivity index (χ0n) is 14.5. The Morgan fingerprint density at radius 2 is 2.08 bits per heavy atom. The molecule has 1 aliphatic rings. The average Bonchev–Trinajstić information content (AvgIpc) is 3.22. The number of rotatable bonds is 3. The first-order valence-electron chi connectivity index (χ1n) is 8.58. The summed E-state index contributed by atoms with van der Waals surface area (Å²) in [5.74, 6) is 0.772. The standard InChI is InChI=1S/C18H21N3O2S2/c1-10-7-21(8-11(2)23-10)12(3)16-19-17(22)15-13(9-25-18(15)20-16)14-5-4-6-24-14/h4-6,9-12H,7-8H2,1-3H3,(H,19,20,22)/p+1/t10-,11+,12-/m0/s1. The number of hydrogen-bond acceptors (Lipinski definition) is 5. The van der Waals surface area contributed by atoms with Crippen molar-refractivity contribution in [3.8, 4) is 10.4 Å². The number of aromatic nitrogens is 2. The lowest BCUT2D eigenvalue weighted by Crippen LogP contribution is -3.15. The Balaban J connectivity index is 1.71. The van der Waals surface area contributed by atoms with Crippen LogP contribution >= 0.6 is 22.7 Å². The van der Waals surface area contributed by atoms with E-state index in [-0.39, 0.29) is 23.8 Å². The lowest BCUT2D eigenvalue weighted by Gasteiger charge is -2.35. The molecule has 4 atom stereocenters. The average molecular weight is 377 g/mol. The third-order valence-corrected chi connectivity index (χ3v) is 6.61. The molecule has 7 heteroatoms. The Morgan fingerprint density at radius 1 is 1.32 bits per heavy atom. The molecule has 1 fully saturated rings. The second kappa shape index (κ2) is 6.64. The van der Waals surface area contributed by atoms with Crippen LogP contribution in [0.1, 0.15) is 32.6 Å². The van der Waals surface area contributed by atoms with Crippen molar-refractivity contribution in [2.45, 2.75) is 39.0 Å². The van der Waals surface area contributed by atoms with Gasteiger partial charge in [-0.2, -0.15) is 0 Å². The van der Waals surface area contributed by atoms with E-state index in [2.05, 4.69) is 25.8 Å². The predicted octanol–water partition coefficient (Wildman–Crippen LogP) is 2.47. The van der Waals surface area contributed by atoms with Gasteiger partial charge >= 0.3 is 0 Å². The number of morpholine rings is 1. The molecule has 3 aromatic rings. The Kier molecular flexibility index (Phi) is 4.49. The summed E-state index contributed by atoms with van der Waals surface area (Å²) in [6.45, 7) is 8.21. The van der Waals surface area contributed by atoms with Gasteiger partial charge in [0.15, 0.2) is 5.82 Å². The summed E-state index contributed by atoms with van der Waals surface area (Å²) in [6.07, 6.45) is 0.452. The van der Waals surface area contributed by atoms with Crippen molar-refractivity contribution in [2.24, 2.45) is 0 Å². The fraction of sp³-hybridized carbons (Fsp3) is 0.444. The Labute approximate surface area is 154 Å². The zero-order chi connectivity index (χ0) is 17.6. The topological polar surface area (TPSA) is 59.4 Å². The molecule has 5 nitrogen and oxygen atoms in total. The molecule has 0 aromatic carbocycles. The SMILES string of the molecule is C[C@@H]1C[NH+]([C@@H](C)c2nc3scc(-c4cccs4)c3c(=O)[nH]2)C[C@H](C)O1. The van der Waals surface area contributed by atoms with E-state index in [4.69, 9.17) is 9.72 Å². The van der Waals surface area contributed by atoms with E-state index >= 15 is 0 Å². The van der Waals surface area contributed by atoms with Gasteiger partial charge in [0, 0.05) is 15.8 Å². The van der Waals surface area contributed by atoms with Gasteiger partial charge in [-0.05, 0) is 32.2 Å². The first kappa shape index (κ1) is 16.9. The van der Waals surface area contributed by atoms with Crippen LogP contribution in [0, 0.1) is 0 Å². The van der Waals surface area contributed by atoms with E-state index in [9.17, 15) is 4.79 Å². The van der Waals surface area contributed by atoms with Crippen molar-refractivity contribution in [3.05, 3.63) is 39.1 Å². The van der Waals surface area contributed by atoms with Gasteiger partial charge in [0.1, 0.15) is 36.2 Å². The van der Waals surface area contributed by atoms with Crippen LogP contribution in [0.5, 0.6) is 0 Å². The third-order valence-electron chi connectivity index (χ3n) is 4.84. The van der Waals surface area contributed by atoms with Gasteiger partial charge in [0.25, 0.3) is 5.56 Å². The molecule has 3 aromatic heterocycles. The number of ether oxygens (including phenoxy) is 1. The lowest BCUT2D eigenvalue weighted by atomic mass is 10.1. The highest BCUT2D eigenvalue weighted by Crippen LogP contribution is 2.33. The fourth-order valence-corrected chi connectivity index (χ4v) is 5.41. The van der Waals surface area contributed by atoms with E-state index in [0.29, 0.717) is 5.39 Å². The number of nitrogens with zero attached hydrogens (tertiary/aromatic N) is 1. The summed E-state index contributed by atoms with van der Waals surface area (Å²) >= 11 is 3.19. The quantitative estimate of drug-likeness (QED) is 0.738. The molecule has 1 saturated heterocycles. The monoisotopic (exact) mass is 376 g/mol. The number of nitrogens with one attached hydrogen (secondary N) is 2. The lowest BCUT2D eigenvalue weighted by molar-refractivity contribution is -0.944. The molecule has 1 aliphatic heterocycles. The number of fused-ring (bicyclic) bond motifs is 1. The largest absolute Gasteiger partial charge is 0.364 e. The number of quaternary nitrogens is 1. The summed E-state index contributed by atoms with van der Waals surface area (Å²) in [5.41, 5.74) is 0.953. The molecule has 25 heavy (non-hydrogen) atoms. The molecule has 0 bridgehead atoms. The molecule has 0 radical (unpaired) electrons. The van der Waals surface area contributed by atoms with Crippen LogP contribution in [-0.2, 0) is 4.74 Å².